The van der Waals surface area contributed by atoms with E-state index >= 15 is 0 Å². The zero-order valence-electron chi connectivity index (χ0n) is 5.60. The van der Waals surface area contributed by atoms with E-state index in [1.54, 1.807) is 0 Å². The molecule has 0 rings (SSSR count). The molecule has 0 heterocycles. The van der Waals surface area contributed by atoms with Crippen LogP contribution in [0.4, 0.5) is 0 Å². The molecule has 0 bridgehead atoms. The Balaban J connectivity index is 3.52. The molecule has 0 aromatic carbocycles. The van der Waals surface area contributed by atoms with Gasteiger partial charge in [-0.05, 0) is 0 Å². The number of carbonyl (C=O) groups is 1. The molecule has 4 heteroatoms. The quantitative estimate of drug-likeness (QED) is 0.368. The lowest BCUT2D eigenvalue weighted by atomic mass is 10.4. The average Bonchev–Trinajstić information content (AvgIpc) is 1.98. The smallest absolute Gasteiger partial charge is 0.334 e. The Labute approximate surface area is 64.8 Å². The van der Waals surface area contributed by atoms with Crippen LogP contribution in [0.15, 0.2) is 12.2 Å². The van der Waals surface area contributed by atoms with Gasteiger partial charge < -0.3 is 10.5 Å². The van der Waals surface area contributed by atoms with Crippen LogP contribution in [0.3, 0.4) is 0 Å². The van der Waals surface area contributed by atoms with Crippen molar-refractivity contribution >= 4 is 17.6 Å². The molecule has 0 aliphatic heterocycles. The van der Waals surface area contributed by atoms with E-state index in [4.69, 9.17) is 17.3 Å². The Morgan fingerprint density at radius 3 is 2.70 bits per heavy atom. The third kappa shape index (κ3) is 3.48. The van der Waals surface area contributed by atoms with Crippen LogP contribution in [0.5, 0.6) is 0 Å². The van der Waals surface area contributed by atoms with Gasteiger partial charge in [0.05, 0.1) is 5.88 Å². The summed E-state index contributed by atoms with van der Waals surface area (Å²) in [5, 5.41) is 0. The number of halogens is 1. The van der Waals surface area contributed by atoms with E-state index < -0.39 is 5.97 Å². The summed E-state index contributed by atoms with van der Waals surface area (Å²) < 4.78 is 4.60. The predicted molar refractivity (Wildman–Crippen MR) is 39.9 cm³/mol. The molecule has 3 nitrogen and oxygen atoms in total. The van der Waals surface area contributed by atoms with Crippen LogP contribution in [-0.4, -0.2) is 25.0 Å². The summed E-state index contributed by atoms with van der Waals surface area (Å²) >= 11 is 5.29. The number of carbonyl (C=O) groups excluding carboxylic acids is 1. The molecule has 10 heavy (non-hydrogen) atoms. The number of alkyl halides is 1. The Bertz CT molecular complexity index is 136. The normalized spacial score (nSPS) is 9.00. The fourth-order valence-electron chi connectivity index (χ4n) is 0.308. The summed E-state index contributed by atoms with van der Waals surface area (Å²) in [6.45, 7) is 3.92. The second-order valence-corrected chi connectivity index (χ2v) is 1.93. The SMILES string of the molecule is C=C(CCl)C(=O)OCCN. The highest BCUT2D eigenvalue weighted by atomic mass is 35.5. The van der Waals surface area contributed by atoms with Gasteiger partial charge in [-0.2, -0.15) is 0 Å². The van der Waals surface area contributed by atoms with Gasteiger partial charge in [-0.25, -0.2) is 4.79 Å². The monoisotopic (exact) mass is 163 g/mol. The molecule has 0 aromatic heterocycles. The third-order valence-electron chi connectivity index (χ3n) is 0.801. The topological polar surface area (TPSA) is 52.3 Å². The first-order valence-electron chi connectivity index (χ1n) is 2.83. The fraction of sp³-hybridized carbons (Fsp3) is 0.500. The average molecular weight is 164 g/mol. The van der Waals surface area contributed by atoms with Gasteiger partial charge in [0, 0.05) is 12.1 Å². The maximum atomic E-state index is 10.7. The van der Waals surface area contributed by atoms with Gasteiger partial charge in [-0.15, -0.1) is 11.6 Å². The summed E-state index contributed by atoms with van der Waals surface area (Å²) in [6, 6.07) is 0. The molecule has 0 aliphatic rings. The summed E-state index contributed by atoms with van der Waals surface area (Å²) in [5.41, 5.74) is 5.34. The van der Waals surface area contributed by atoms with Crippen molar-refractivity contribution in [1.82, 2.24) is 0 Å². The minimum absolute atomic E-state index is 0.101. The van der Waals surface area contributed by atoms with Crippen molar-refractivity contribution in [2.24, 2.45) is 5.73 Å². The molecule has 0 aliphatic carbocycles. The van der Waals surface area contributed by atoms with Gasteiger partial charge in [0.2, 0.25) is 0 Å². The van der Waals surface area contributed by atoms with Crippen LogP contribution >= 0.6 is 11.6 Å². The van der Waals surface area contributed by atoms with Crippen molar-refractivity contribution in [3.05, 3.63) is 12.2 Å². The van der Waals surface area contributed by atoms with Crippen LogP contribution in [0, 0.1) is 0 Å². The zero-order valence-corrected chi connectivity index (χ0v) is 6.36. The van der Waals surface area contributed by atoms with E-state index in [0.29, 0.717) is 6.54 Å². The first-order valence-corrected chi connectivity index (χ1v) is 3.36. The third-order valence-corrected chi connectivity index (χ3v) is 1.12. The van der Waals surface area contributed by atoms with Crippen molar-refractivity contribution in [3.63, 3.8) is 0 Å². The molecular weight excluding hydrogens is 154 g/mol. The summed E-state index contributed by atoms with van der Waals surface area (Å²) in [6.07, 6.45) is 0. The second-order valence-electron chi connectivity index (χ2n) is 1.66. The molecule has 0 aromatic rings. The highest BCUT2D eigenvalue weighted by Gasteiger charge is 2.04. The van der Waals surface area contributed by atoms with Crippen molar-refractivity contribution in [1.29, 1.82) is 0 Å². The van der Waals surface area contributed by atoms with Gasteiger partial charge in [0.15, 0.2) is 0 Å². The maximum absolute atomic E-state index is 10.7. The van der Waals surface area contributed by atoms with E-state index in [-0.39, 0.29) is 18.1 Å². The minimum Gasteiger partial charge on any atom is -0.461 e. The Hall–Kier alpha value is -0.540. The summed E-state index contributed by atoms with van der Waals surface area (Å²) in [7, 11) is 0. The van der Waals surface area contributed by atoms with Crippen LogP contribution in [0.1, 0.15) is 0 Å². The lowest BCUT2D eigenvalue weighted by Crippen LogP contribution is -2.15. The molecule has 0 amide bonds. The lowest BCUT2D eigenvalue weighted by Gasteiger charge is -2.01. The van der Waals surface area contributed by atoms with Crippen LogP contribution in [-0.2, 0) is 9.53 Å². The highest BCUT2D eigenvalue weighted by molar-refractivity contribution is 6.22. The molecule has 0 radical (unpaired) electrons. The largest absolute Gasteiger partial charge is 0.461 e. The molecule has 0 spiro atoms. The molecule has 0 saturated carbocycles. The number of nitrogens with two attached hydrogens (primary N) is 1. The van der Waals surface area contributed by atoms with E-state index in [0.717, 1.165) is 0 Å². The standard InChI is InChI=1S/C6H10ClNO2/c1-5(4-7)6(9)10-3-2-8/h1-4,8H2. The summed E-state index contributed by atoms with van der Waals surface area (Å²) in [4.78, 5) is 10.7. The van der Waals surface area contributed by atoms with Gasteiger partial charge in [-0.3, -0.25) is 0 Å². The van der Waals surface area contributed by atoms with Crippen LogP contribution < -0.4 is 5.73 Å². The van der Waals surface area contributed by atoms with Crippen molar-refractivity contribution in [3.8, 4) is 0 Å². The molecule has 0 atom stereocenters. The first-order chi connectivity index (χ1) is 4.72. The van der Waals surface area contributed by atoms with Gasteiger partial charge in [-0.1, -0.05) is 6.58 Å². The lowest BCUT2D eigenvalue weighted by molar-refractivity contribution is -0.138. The molecule has 2 N–H and O–H groups in total. The van der Waals surface area contributed by atoms with Crippen LogP contribution in [0.25, 0.3) is 0 Å². The first kappa shape index (κ1) is 9.46. The Morgan fingerprint density at radius 1 is 1.70 bits per heavy atom. The van der Waals surface area contributed by atoms with Crippen molar-refractivity contribution < 1.29 is 9.53 Å². The predicted octanol–water partition coefficient (Wildman–Crippen LogP) is 0.283. The number of hydrogen-bond acceptors (Lipinski definition) is 3. The van der Waals surface area contributed by atoms with Crippen LogP contribution in [0.2, 0.25) is 0 Å². The second kappa shape index (κ2) is 5.26. The van der Waals surface area contributed by atoms with Gasteiger partial charge in [0.1, 0.15) is 6.61 Å². The maximum Gasteiger partial charge on any atom is 0.334 e. The zero-order chi connectivity index (χ0) is 7.98. The van der Waals surface area contributed by atoms with E-state index in [1.807, 2.05) is 0 Å². The van der Waals surface area contributed by atoms with Gasteiger partial charge in [0.25, 0.3) is 0 Å². The molecule has 0 unspecified atom stereocenters. The Kier molecular flexibility index (Phi) is 4.98. The summed E-state index contributed by atoms with van der Waals surface area (Å²) in [5.74, 6) is -0.371. The number of rotatable bonds is 4. The van der Waals surface area contributed by atoms with Crippen molar-refractivity contribution in [2.75, 3.05) is 19.0 Å². The van der Waals surface area contributed by atoms with E-state index in [1.165, 1.54) is 0 Å². The van der Waals surface area contributed by atoms with Gasteiger partial charge >= 0.3 is 5.97 Å². The van der Waals surface area contributed by atoms with E-state index in [9.17, 15) is 4.79 Å². The molecule has 0 fully saturated rings. The minimum atomic E-state index is -0.472. The number of hydrogen-bond donors (Lipinski definition) is 1. The number of esters is 1. The highest BCUT2D eigenvalue weighted by Crippen LogP contribution is 1.96. The molecule has 0 saturated heterocycles. The molecular formula is C6H10ClNO2. The van der Waals surface area contributed by atoms with E-state index in [2.05, 4.69) is 11.3 Å². The Morgan fingerprint density at radius 2 is 2.30 bits per heavy atom. The number of ether oxygens (including phenoxy) is 1. The molecule has 58 valence electrons. The van der Waals surface area contributed by atoms with Crippen molar-refractivity contribution in [2.45, 2.75) is 0 Å². The fourth-order valence-corrected chi connectivity index (χ4v) is 0.417.